The van der Waals surface area contributed by atoms with Crippen molar-refractivity contribution in [1.29, 1.82) is 0 Å². The number of rotatable bonds is 5. The summed E-state index contributed by atoms with van der Waals surface area (Å²) in [5.74, 6) is 0.528. The van der Waals surface area contributed by atoms with Crippen LogP contribution in [0.3, 0.4) is 0 Å². The summed E-state index contributed by atoms with van der Waals surface area (Å²) < 4.78 is 8.27. The van der Waals surface area contributed by atoms with Gasteiger partial charge in [0.2, 0.25) is 5.88 Å². The van der Waals surface area contributed by atoms with Crippen LogP contribution in [-0.4, -0.2) is 11.0 Å². The Hall–Kier alpha value is -2.04. The summed E-state index contributed by atoms with van der Waals surface area (Å²) in [6.07, 6.45) is 1.99. The molecule has 0 atom stereocenters. The van der Waals surface area contributed by atoms with Crippen LogP contribution in [0.25, 0.3) is 11.1 Å². The molecule has 0 bridgehead atoms. The van der Waals surface area contributed by atoms with E-state index in [4.69, 9.17) is 16.3 Å². The van der Waals surface area contributed by atoms with Gasteiger partial charge in [-0.1, -0.05) is 57.9 Å². The fraction of sp³-hybridized carbons (Fsp3) is 0.105. The van der Waals surface area contributed by atoms with Crippen molar-refractivity contribution in [2.45, 2.75) is 13.5 Å². The van der Waals surface area contributed by atoms with Crippen molar-refractivity contribution in [3.8, 4) is 17.0 Å². The molecule has 3 aromatic rings. The number of hydrogen-bond acceptors (Lipinski definition) is 2. The summed E-state index contributed by atoms with van der Waals surface area (Å²) in [6, 6.07) is 15.5. The van der Waals surface area contributed by atoms with Crippen LogP contribution in [0, 0.1) is 6.92 Å². The van der Waals surface area contributed by atoms with E-state index in [0.29, 0.717) is 23.9 Å². The second-order valence-electron chi connectivity index (χ2n) is 5.43. The summed E-state index contributed by atoms with van der Waals surface area (Å²) in [4.78, 5) is 11.0. The Balaban J connectivity index is 2.07. The monoisotopic (exact) mass is 403 g/mol. The first-order valence-electron chi connectivity index (χ1n) is 7.39. The molecule has 0 saturated heterocycles. The molecule has 122 valence electrons. The van der Waals surface area contributed by atoms with Crippen molar-refractivity contribution in [3.63, 3.8) is 0 Å². The zero-order valence-corrected chi connectivity index (χ0v) is 15.3. The van der Waals surface area contributed by atoms with Crippen LogP contribution >= 0.6 is 27.5 Å². The first-order chi connectivity index (χ1) is 11.6. The maximum atomic E-state index is 11.0. The van der Waals surface area contributed by atoms with Crippen LogP contribution < -0.4 is 4.74 Å². The molecule has 1 aromatic heterocycles. The lowest BCUT2D eigenvalue weighted by Crippen LogP contribution is -2.03. The Morgan fingerprint density at radius 3 is 2.54 bits per heavy atom. The van der Waals surface area contributed by atoms with Crippen LogP contribution in [0.15, 0.2) is 59.2 Å². The van der Waals surface area contributed by atoms with Gasteiger partial charge in [-0.3, -0.25) is 4.79 Å². The molecule has 0 radical (unpaired) electrons. The van der Waals surface area contributed by atoms with Crippen molar-refractivity contribution in [2.24, 2.45) is 0 Å². The average molecular weight is 405 g/mol. The van der Waals surface area contributed by atoms with E-state index in [1.165, 1.54) is 0 Å². The second kappa shape index (κ2) is 7.24. The van der Waals surface area contributed by atoms with Gasteiger partial charge in [0, 0.05) is 21.3 Å². The lowest BCUT2D eigenvalue weighted by molar-refractivity contribution is -0.121. The normalized spacial score (nSPS) is 10.6. The van der Waals surface area contributed by atoms with E-state index in [1.54, 1.807) is 0 Å². The van der Waals surface area contributed by atoms with Gasteiger partial charge in [0.05, 0.1) is 6.54 Å². The molecule has 0 aliphatic carbocycles. The quantitative estimate of drug-likeness (QED) is 0.529. The minimum absolute atomic E-state index is 0.463. The molecule has 0 fully saturated rings. The molecule has 2 aromatic carbocycles. The van der Waals surface area contributed by atoms with Gasteiger partial charge in [-0.25, -0.2) is 0 Å². The van der Waals surface area contributed by atoms with Crippen molar-refractivity contribution in [2.75, 3.05) is 0 Å². The molecule has 3 rings (SSSR count). The highest BCUT2D eigenvalue weighted by Gasteiger charge is 2.17. The Morgan fingerprint density at radius 1 is 1.17 bits per heavy atom. The minimum atomic E-state index is 0.463. The van der Waals surface area contributed by atoms with Gasteiger partial charge in [-0.15, -0.1) is 0 Å². The highest BCUT2D eigenvalue weighted by atomic mass is 79.9. The average Bonchev–Trinajstić information content (AvgIpc) is 2.87. The fourth-order valence-corrected chi connectivity index (χ4v) is 3.27. The lowest BCUT2D eigenvalue weighted by atomic mass is 10.1. The van der Waals surface area contributed by atoms with Gasteiger partial charge >= 0.3 is 0 Å². The second-order valence-corrected chi connectivity index (χ2v) is 6.72. The molecule has 0 amide bonds. The van der Waals surface area contributed by atoms with Gasteiger partial charge < -0.3 is 9.30 Å². The molecule has 0 spiro atoms. The number of carbonyl (C=O) groups is 1. The summed E-state index contributed by atoms with van der Waals surface area (Å²) in [7, 11) is 0. The molecule has 0 aliphatic rings. The molecular weight excluding hydrogens is 390 g/mol. The first kappa shape index (κ1) is 16.8. The molecule has 0 saturated carbocycles. The fourth-order valence-electron chi connectivity index (χ4n) is 2.74. The zero-order valence-electron chi connectivity index (χ0n) is 13.0. The van der Waals surface area contributed by atoms with E-state index in [1.807, 2.05) is 66.2 Å². The van der Waals surface area contributed by atoms with Gasteiger partial charge in [0.1, 0.15) is 0 Å². The molecule has 3 nitrogen and oxygen atoms in total. The number of ether oxygens (including phenoxy) is 1. The highest BCUT2D eigenvalue weighted by Crippen LogP contribution is 2.36. The van der Waals surface area contributed by atoms with E-state index in [0.717, 1.165) is 26.7 Å². The minimum Gasteiger partial charge on any atom is -0.411 e. The summed E-state index contributed by atoms with van der Waals surface area (Å²) in [5.41, 5.74) is 3.98. The number of nitrogens with zero attached hydrogens (tertiary/aromatic N) is 1. The highest BCUT2D eigenvalue weighted by molar-refractivity contribution is 9.10. The molecule has 0 unspecified atom stereocenters. The number of aryl methyl sites for hydroxylation is 1. The third kappa shape index (κ3) is 3.40. The van der Waals surface area contributed by atoms with Crippen LogP contribution in [0.4, 0.5) is 0 Å². The third-order valence-corrected chi connectivity index (χ3v) is 4.84. The Bertz CT molecular complexity index is 872. The van der Waals surface area contributed by atoms with E-state index < -0.39 is 0 Å². The first-order valence-corrected chi connectivity index (χ1v) is 8.56. The molecule has 24 heavy (non-hydrogen) atoms. The zero-order chi connectivity index (χ0) is 17.1. The molecule has 1 heterocycles. The summed E-state index contributed by atoms with van der Waals surface area (Å²) in [6.45, 7) is 3.06. The smallest absolute Gasteiger partial charge is 0.299 e. The summed E-state index contributed by atoms with van der Waals surface area (Å²) >= 11 is 9.53. The molecule has 5 heteroatoms. The van der Waals surface area contributed by atoms with E-state index in [9.17, 15) is 4.79 Å². The predicted octanol–water partition coefficient (Wildman–Crippen LogP) is 5.46. The summed E-state index contributed by atoms with van der Waals surface area (Å²) in [5, 5.41) is 0.668. The molecular formula is C19H15BrClNO2. The van der Waals surface area contributed by atoms with Gasteiger partial charge in [0.25, 0.3) is 6.47 Å². The van der Waals surface area contributed by atoms with Gasteiger partial charge in [-0.05, 0) is 41.8 Å². The van der Waals surface area contributed by atoms with Crippen molar-refractivity contribution < 1.29 is 9.53 Å². The van der Waals surface area contributed by atoms with Crippen LogP contribution in [0.2, 0.25) is 5.02 Å². The lowest BCUT2D eigenvalue weighted by Gasteiger charge is -2.11. The number of carbonyl (C=O) groups excluding carboxylic acids is 1. The number of halogens is 2. The maximum absolute atomic E-state index is 11.0. The number of hydrogen-bond donors (Lipinski definition) is 0. The number of benzene rings is 2. The Morgan fingerprint density at radius 2 is 1.88 bits per heavy atom. The Labute approximate surface area is 154 Å². The van der Waals surface area contributed by atoms with Crippen molar-refractivity contribution in [1.82, 2.24) is 4.57 Å². The largest absolute Gasteiger partial charge is 0.411 e. The van der Waals surface area contributed by atoms with Gasteiger partial charge in [0.15, 0.2) is 0 Å². The topological polar surface area (TPSA) is 31.2 Å². The molecule has 0 N–H and O–H groups in total. The van der Waals surface area contributed by atoms with Crippen molar-refractivity contribution >= 4 is 34.0 Å². The Kier molecular flexibility index (Phi) is 5.07. The SMILES string of the molecule is Cc1cn(Cc2ccccc2Br)c(OC=O)c1-c1ccc(Cl)cc1. The van der Waals surface area contributed by atoms with Crippen LogP contribution in [-0.2, 0) is 11.3 Å². The standard InChI is InChI=1S/C19H15BrClNO2/c1-13-10-22(11-15-4-2-3-5-17(15)20)19(24-12-23)18(13)14-6-8-16(21)9-7-14/h2-10,12H,11H2,1H3. The van der Waals surface area contributed by atoms with Gasteiger partial charge in [-0.2, -0.15) is 0 Å². The van der Waals surface area contributed by atoms with Crippen LogP contribution in [0.1, 0.15) is 11.1 Å². The van der Waals surface area contributed by atoms with E-state index >= 15 is 0 Å². The maximum Gasteiger partial charge on any atom is 0.299 e. The molecule has 0 aliphatic heterocycles. The van der Waals surface area contributed by atoms with Crippen LogP contribution in [0.5, 0.6) is 5.88 Å². The van der Waals surface area contributed by atoms with E-state index in [-0.39, 0.29) is 0 Å². The van der Waals surface area contributed by atoms with E-state index in [2.05, 4.69) is 15.9 Å². The van der Waals surface area contributed by atoms with Crippen molar-refractivity contribution in [3.05, 3.63) is 75.4 Å². The number of aromatic nitrogens is 1. The predicted molar refractivity (Wildman–Crippen MR) is 99.6 cm³/mol. The third-order valence-electron chi connectivity index (χ3n) is 3.81.